The average molecular weight is 489 g/mol. The molecule has 0 bridgehead atoms. The van der Waals surface area contributed by atoms with Crippen LogP contribution in [0, 0.1) is 13.8 Å². The molecule has 1 heteroatoms. The Bertz CT molecular complexity index is 1190. The van der Waals surface area contributed by atoms with Crippen molar-refractivity contribution in [1.29, 1.82) is 0 Å². The molecule has 4 aliphatic rings. The van der Waals surface area contributed by atoms with Crippen molar-refractivity contribution in [3.63, 3.8) is 0 Å². The summed E-state index contributed by atoms with van der Waals surface area (Å²) >= 11 is 0. The van der Waals surface area contributed by atoms with Gasteiger partial charge in [0, 0.05) is 15.4 Å². The van der Waals surface area contributed by atoms with Gasteiger partial charge < -0.3 is 0 Å². The molecule has 6 rings (SSSR count). The minimum absolute atomic E-state index is 0.814. The monoisotopic (exact) mass is 488 g/mol. The summed E-state index contributed by atoms with van der Waals surface area (Å²) in [4.78, 5) is 3.30. The number of fused-ring (bicyclic) bond motifs is 6. The van der Waals surface area contributed by atoms with Crippen molar-refractivity contribution in [2.45, 2.75) is 93.4 Å². The molecule has 1 saturated heterocycles. The summed E-state index contributed by atoms with van der Waals surface area (Å²) in [7, 11) is -0.814. The highest BCUT2D eigenvalue weighted by atomic mass is 32.3. The Hall–Kier alpha value is -2.21. The van der Waals surface area contributed by atoms with Crippen LogP contribution in [0.1, 0.15) is 102 Å². The van der Waals surface area contributed by atoms with E-state index in [4.69, 9.17) is 0 Å². The van der Waals surface area contributed by atoms with Gasteiger partial charge in [-0.3, -0.25) is 0 Å². The van der Waals surface area contributed by atoms with Crippen molar-refractivity contribution in [2.24, 2.45) is 0 Å². The summed E-state index contributed by atoms with van der Waals surface area (Å²) in [6, 6.07) is 5.11. The Labute approximate surface area is 217 Å². The third kappa shape index (κ3) is 4.78. The van der Waals surface area contributed by atoms with Crippen LogP contribution in [0.2, 0.25) is 0 Å². The molecule has 190 valence electrons. The van der Waals surface area contributed by atoms with E-state index < -0.39 is 10.0 Å². The van der Waals surface area contributed by atoms with Crippen LogP contribution >= 0.6 is 10.0 Å². The predicted molar refractivity (Wildman–Crippen MR) is 166 cm³/mol. The molecule has 0 amide bonds. The van der Waals surface area contributed by atoms with Gasteiger partial charge >= 0.3 is 0 Å². The van der Waals surface area contributed by atoms with Gasteiger partial charge in [0.1, 0.15) is 0 Å². The fourth-order valence-corrected chi connectivity index (χ4v) is 10.1. The van der Waals surface area contributed by atoms with Gasteiger partial charge in [-0.1, -0.05) is 79.7 Å². The molecule has 2 aliphatic carbocycles. The quantitative estimate of drug-likeness (QED) is 0.323. The van der Waals surface area contributed by atoms with Gasteiger partial charge in [-0.25, -0.2) is 0 Å². The molecule has 0 radical (unpaired) electrons. The van der Waals surface area contributed by atoms with Gasteiger partial charge in [0.05, 0.1) is 0 Å². The number of rotatable bonds is 0. The first-order chi connectivity index (χ1) is 17.2. The highest BCUT2D eigenvalue weighted by Crippen LogP contribution is 2.74. The van der Waals surface area contributed by atoms with Crippen molar-refractivity contribution < 1.29 is 0 Å². The lowest BCUT2D eigenvalue weighted by Gasteiger charge is -2.34. The molecule has 1 spiro atoms. The zero-order valence-electron chi connectivity index (χ0n) is 24.1. The summed E-state index contributed by atoms with van der Waals surface area (Å²) in [5.74, 6) is 2.75. The van der Waals surface area contributed by atoms with Gasteiger partial charge in [0.15, 0.2) is 0 Å². The van der Waals surface area contributed by atoms with Crippen molar-refractivity contribution in [2.75, 3.05) is 11.5 Å². The Morgan fingerprint density at radius 2 is 1.20 bits per heavy atom. The van der Waals surface area contributed by atoms with E-state index in [0.717, 1.165) is 6.42 Å². The minimum Gasteiger partial charge on any atom is -0.186 e. The average Bonchev–Trinajstić information content (AvgIpc) is 3.62. The molecule has 2 aromatic rings. The normalized spacial score (nSPS) is 17.5. The second kappa shape index (κ2) is 13.2. The van der Waals surface area contributed by atoms with Crippen molar-refractivity contribution in [1.82, 2.24) is 0 Å². The van der Waals surface area contributed by atoms with Crippen molar-refractivity contribution in [3.05, 3.63) is 74.9 Å². The summed E-state index contributed by atoms with van der Waals surface area (Å²) < 4.78 is 0. The lowest BCUT2D eigenvalue weighted by Crippen LogP contribution is -2.03. The number of hydrogen-bond donors (Lipinski definition) is 0. The Kier molecular flexibility index (Phi) is 10.9. The highest BCUT2D eigenvalue weighted by Gasteiger charge is 2.42. The smallest absolute Gasteiger partial charge is 0.0104 e. The first-order valence-corrected chi connectivity index (χ1v) is 16.1. The molecule has 0 unspecified atom stereocenters. The summed E-state index contributed by atoms with van der Waals surface area (Å²) in [5.41, 5.74) is 12.1. The second-order valence-corrected chi connectivity index (χ2v) is 11.7. The molecule has 2 aromatic carbocycles. The van der Waals surface area contributed by atoms with Gasteiger partial charge in [-0.05, 0) is 107 Å². The van der Waals surface area contributed by atoms with E-state index >= 15 is 0 Å². The van der Waals surface area contributed by atoms with Crippen LogP contribution in [0.4, 0.5) is 0 Å². The molecular formula is C34H48S. The molecule has 0 N–H and O–H groups in total. The number of benzene rings is 2. The van der Waals surface area contributed by atoms with Crippen LogP contribution in [0.15, 0.2) is 52.0 Å². The third-order valence-electron chi connectivity index (χ3n) is 6.94. The zero-order chi connectivity index (χ0) is 26.2. The van der Waals surface area contributed by atoms with Gasteiger partial charge in [-0.2, -0.15) is 10.0 Å². The first-order valence-electron chi connectivity index (χ1n) is 14.1. The van der Waals surface area contributed by atoms with Crippen LogP contribution in [-0.2, 0) is 0 Å². The fourth-order valence-electron chi connectivity index (χ4n) is 5.55. The van der Waals surface area contributed by atoms with Gasteiger partial charge in [0.25, 0.3) is 0 Å². The summed E-state index contributed by atoms with van der Waals surface area (Å²) in [6.07, 6.45) is 17.6. The van der Waals surface area contributed by atoms with Crippen molar-refractivity contribution in [3.8, 4) is 0 Å². The number of hydrogen-bond acceptors (Lipinski definition) is 0. The first kappa shape index (κ1) is 29.0. The third-order valence-corrected chi connectivity index (χ3v) is 11.3. The maximum Gasteiger partial charge on any atom is 0.0104 e. The van der Waals surface area contributed by atoms with E-state index in [0.29, 0.717) is 0 Å². The highest BCUT2D eigenvalue weighted by molar-refractivity contribution is 8.37. The predicted octanol–water partition coefficient (Wildman–Crippen LogP) is 11.4. The largest absolute Gasteiger partial charge is 0.186 e. The van der Waals surface area contributed by atoms with E-state index in [9.17, 15) is 0 Å². The molecule has 1 fully saturated rings. The standard InChI is InChI=1S/C26H24S.4C2H6/c1-17-19-9-4-3-5-10-20(19)18(2)23-16-26-24(15-22(17)23)21-11-8-12-25(21)27(26)13-6-7-14-27;4*1-2/h4-5,9-12,15-16H,3,6-7,13-14H2,1-2H3;4*1-2H3. The molecule has 0 saturated carbocycles. The van der Waals surface area contributed by atoms with Gasteiger partial charge in [0.2, 0.25) is 0 Å². The zero-order valence-corrected chi connectivity index (χ0v) is 24.9. The summed E-state index contributed by atoms with van der Waals surface area (Å²) in [6.45, 7) is 20.6. The Morgan fingerprint density at radius 1 is 0.686 bits per heavy atom. The number of allylic oxidation sites excluding steroid dienone is 4. The Balaban J connectivity index is 0.000000495. The molecule has 2 aliphatic heterocycles. The molecule has 0 atom stereocenters. The molecule has 0 nitrogen and oxygen atoms in total. The maximum absolute atomic E-state index is 3.43. The van der Waals surface area contributed by atoms with Crippen LogP contribution < -0.4 is 0 Å². The lowest BCUT2D eigenvalue weighted by atomic mass is 9.88. The number of aryl methyl sites for hydroxylation is 2. The second-order valence-electron chi connectivity index (χ2n) is 8.24. The van der Waals surface area contributed by atoms with E-state index in [1.165, 1.54) is 68.5 Å². The van der Waals surface area contributed by atoms with E-state index in [1.807, 2.05) is 55.4 Å². The topological polar surface area (TPSA) is 0 Å². The molecule has 35 heavy (non-hydrogen) atoms. The Morgan fingerprint density at radius 3 is 1.74 bits per heavy atom. The summed E-state index contributed by atoms with van der Waals surface area (Å²) in [5, 5.41) is 2.91. The van der Waals surface area contributed by atoms with Crippen LogP contribution in [0.3, 0.4) is 0 Å². The lowest BCUT2D eigenvalue weighted by molar-refractivity contribution is 0.949. The maximum atomic E-state index is 3.43. The van der Waals surface area contributed by atoms with Crippen LogP contribution in [-0.4, -0.2) is 11.5 Å². The van der Waals surface area contributed by atoms with Crippen molar-refractivity contribution >= 4 is 38.5 Å². The van der Waals surface area contributed by atoms with E-state index in [1.54, 1.807) is 9.80 Å². The molecular weight excluding hydrogens is 440 g/mol. The SMILES string of the molecule is CC.CC.CC.CC.Cc1c2c(c(C)c3cc4c(cc13)C1=C(C=C=C1)S41CCCC1)C=CCC=C2. The minimum atomic E-state index is -0.814. The van der Waals surface area contributed by atoms with Crippen LogP contribution in [0.25, 0.3) is 28.5 Å². The van der Waals surface area contributed by atoms with E-state index in [-0.39, 0.29) is 0 Å². The molecule has 0 aromatic heterocycles. The molecule has 2 heterocycles. The van der Waals surface area contributed by atoms with Crippen LogP contribution in [0.5, 0.6) is 0 Å². The van der Waals surface area contributed by atoms with E-state index in [2.05, 4.69) is 68.2 Å². The fraction of sp³-hybridized carbons (Fsp3) is 0.441. The van der Waals surface area contributed by atoms with Gasteiger partial charge in [-0.15, -0.1) is 5.73 Å².